The summed E-state index contributed by atoms with van der Waals surface area (Å²) in [6.07, 6.45) is 0. The van der Waals surface area contributed by atoms with Crippen LogP contribution in [0.15, 0.2) is 39.4 Å². The fourth-order valence-corrected chi connectivity index (χ4v) is 1.50. The third kappa shape index (κ3) is 1.65. The molecule has 1 aromatic carbocycles. The molecule has 1 aromatic heterocycles. The zero-order chi connectivity index (χ0) is 10.1. The highest BCUT2D eigenvalue weighted by Gasteiger charge is 2.08. The molecular weight excluding hydrogens is 249 g/mol. The Labute approximate surface area is 88.7 Å². The molecule has 0 aliphatic rings. The van der Waals surface area contributed by atoms with Crippen molar-refractivity contribution in [3.63, 3.8) is 0 Å². The molecular formula is C10H7BrFNO. The maximum atomic E-state index is 13.3. The number of hydrogen-bond acceptors (Lipinski definition) is 2. The lowest BCUT2D eigenvalue weighted by atomic mass is 10.1. The number of nitrogen functional groups attached to an aromatic ring is 1. The number of hydrogen-bond donors (Lipinski definition) is 1. The van der Waals surface area contributed by atoms with E-state index < -0.39 is 0 Å². The Bertz CT molecular complexity index is 467. The van der Waals surface area contributed by atoms with Crippen LogP contribution >= 0.6 is 15.9 Å². The fourth-order valence-electron chi connectivity index (χ4n) is 1.19. The molecule has 2 nitrogen and oxygen atoms in total. The van der Waals surface area contributed by atoms with Gasteiger partial charge in [0.2, 0.25) is 0 Å². The topological polar surface area (TPSA) is 39.2 Å². The van der Waals surface area contributed by atoms with Crippen LogP contribution in [-0.2, 0) is 0 Å². The SMILES string of the molecule is Nc1ccc(F)c(-c2ccc(Br)o2)c1. The molecule has 4 heteroatoms. The maximum absolute atomic E-state index is 13.3. The van der Waals surface area contributed by atoms with Gasteiger partial charge in [-0.25, -0.2) is 4.39 Å². The van der Waals surface area contributed by atoms with Gasteiger partial charge in [-0.2, -0.15) is 0 Å². The monoisotopic (exact) mass is 255 g/mol. The van der Waals surface area contributed by atoms with Crippen LogP contribution in [0.3, 0.4) is 0 Å². The minimum absolute atomic E-state index is 0.346. The molecule has 0 aliphatic carbocycles. The molecule has 72 valence electrons. The molecule has 2 aromatic rings. The Hall–Kier alpha value is -1.29. The molecule has 2 rings (SSSR count). The lowest BCUT2D eigenvalue weighted by Gasteiger charge is -2.00. The lowest BCUT2D eigenvalue weighted by Crippen LogP contribution is -1.88. The molecule has 0 fully saturated rings. The zero-order valence-corrected chi connectivity index (χ0v) is 8.71. The van der Waals surface area contributed by atoms with Crippen molar-refractivity contribution < 1.29 is 8.81 Å². The zero-order valence-electron chi connectivity index (χ0n) is 7.13. The summed E-state index contributed by atoms with van der Waals surface area (Å²) >= 11 is 3.15. The van der Waals surface area contributed by atoms with Crippen LogP contribution in [0.1, 0.15) is 0 Å². The van der Waals surface area contributed by atoms with Gasteiger partial charge in [0, 0.05) is 5.69 Å². The average Bonchev–Trinajstić information content (AvgIpc) is 2.56. The maximum Gasteiger partial charge on any atom is 0.169 e. The summed E-state index contributed by atoms with van der Waals surface area (Å²) in [5.41, 5.74) is 6.43. The van der Waals surface area contributed by atoms with Gasteiger partial charge in [0.1, 0.15) is 11.6 Å². The molecule has 0 unspecified atom stereocenters. The van der Waals surface area contributed by atoms with E-state index in [9.17, 15) is 4.39 Å². The van der Waals surface area contributed by atoms with Gasteiger partial charge in [-0.05, 0) is 46.3 Å². The number of benzene rings is 1. The van der Waals surface area contributed by atoms with Gasteiger partial charge in [-0.1, -0.05) is 0 Å². The minimum Gasteiger partial charge on any atom is -0.449 e. The van der Waals surface area contributed by atoms with Gasteiger partial charge in [0.25, 0.3) is 0 Å². The first-order valence-electron chi connectivity index (χ1n) is 3.97. The van der Waals surface area contributed by atoms with E-state index >= 15 is 0 Å². The molecule has 0 aliphatic heterocycles. The van der Waals surface area contributed by atoms with Gasteiger partial charge in [-0.15, -0.1) is 0 Å². The van der Waals surface area contributed by atoms with Gasteiger partial charge in [-0.3, -0.25) is 0 Å². The lowest BCUT2D eigenvalue weighted by molar-refractivity contribution is 0.547. The Balaban J connectivity index is 2.55. The quantitative estimate of drug-likeness (QED) is 0.794. The van der Waals surface area contributed by atoms with Crippen molar-refractivity contribution in [1.82, 2.24) is 0 Å². The molecule has 0 saturated carbocycles. The Morgan fingerprint density at radius 2 is 2.00 bits per heavy atom. The van der Waals surface area contributed by atoms with Crippen molar-refractivity contribution in [2.24, 2.45) is 0 Å². The molecule has 0 amide bonds. The number of halogens is 2. The fraction of sp³-hybridized carbons (Fsp3) is 0. The Morgan fingerprint density at radius 3 is 2.64 bits per heavy atom. The molecule has 1 heterocycles. The molecule has 0 spiro atoms. The number of furan rings is 1. The summed E-state index contributed by atoms with van der Waals surface area (Å²) in [7, 11) is 0. The van der Waals surface area contributed by atoms with Crippen LogP contribution in [0.2, 0.25) is 0 Å². The number of rotatable bonds is 1. The Kier molecular flexibility index (Phi) is 2.29. The molecule has 0 radical (unpaired) electrons. The van der Waals surface area contributed by atoms with Gasteiger partial charge in [0.15, 0.2) is 4.67 Å². The van der Waals surface area contributed by atoms with Gasteiger partial charge in [0.05, 0.1) is 5.56 Å². The van der Waals surface area contributed by atoms with E-state index in [0.29, 0.717) is 21.7 Å². The van der Waals surface area contributed by atoms with E-state index in [4.69, 9.17) is 10.2 Å². The van der Waals surface area contributed by atoms with Gasteiger partial charge >= 0.3 is 0 Å². The van der Waals surface area contributed by atoms with E-state index in [1.165, 1.54) is 12.1 Å². The van der Waals surface area contributed by atoms with Crippen LogP contribution in [0.5, 0.6) is 0 Å². The van der Waals surface area contributed by atoms with Crippen molar-refractivity contribution in [1.29, 1.82) is 0 Å². The van der Waals surface area contributed by atoms with E-state index in [2.05, 4.69) is 15.9 Å². The molecule has 0 saturated heterocycles. The van der Waals surface area contributed by atoms with E-state index in [1.54, 1.807) is 18.2 Å². The first-order chi connectivity index (χ1) is 6.66. The molecule has 14 heavy (non-hydrogen) atoms. The third-order valence-electron chi connectivity index (χ3n) is 1.83. The largest absolute Gasteiger partial charge is 0.449 e. The van der Waals surface area contributed by atoms with Crippen LogP contribution in [0.4, 0.5) is 10.1 Å². The summed E-state index contributed by atoms with van der Waals surface area (Å²) in [6.45, 7) is 0. The minimum atomic E-state index is -0.346. The van der Waals surface area contributed by atoms with Crippen molar-refractivity contribution in [3.8, 4) is 11.3 Å². The van der Waals surface area contributed by atoms with Gasteiger partial charge < -0.3 is 10.2 Å². The highest BCUT2D eigenvalue weighted by atomic mass is 79.9. The van der Waals surface area contributed by atoms with Crippen molar-refractivity contribution in [3.05, 3.63) is 40.8 Å². The van der Waals surface area contributed by atoms with Crippen LogP contribution in [0.25, 0.3) is 11.3 Å². The second-order valence-corrected chi connectivity index (χ2v) is 3.62. The first kappa shape index (κ1) is 9.27. The standard InChI is InChI=1S/C10H7BrFNO/c11-10-4-3-9(14-10)7-5-6(13)1-2-8(7)12/h1-5H,13H2. The predicted molar refractivity (Wildman–Crippen MR) is 56.2 cm³/mol. The first-order valence-corrected chi connectivity index (χ1v) is 4.77. The average molecular weight is 256 g/mol. The van der Waals surface area contributed by atoms with Crippen molar-refractivity contribution >= 4 is 21.6 Å². The molecule has 0 bridgehead atoms. The second-order valence-electron chi connectivity index (χ2n) is 2.84. The van der Waals surface area contributed by atoms with Crippen LogP contribution in [0, 0.1) is 5.82 Å². The van der Waals surface area contributed by atoms with E-state index in [0.717, 1.165) is 0 Å². The number of anilines is 1. The van der Waals surface area contributed by atoms with Crippen LogP contribution in [-0.4, -0.2) is 0 Å². The molecule has 0 atom stereocenters. The third-order valence-corrected chi connectivity index (χ3v) is 2.26. The summed E-state index contributed by atoms with van der Waals surface area (Å²) in [5, 5.41) is 0. The summed E-state index contributed by atoms with van der Waals surface area (Å²) in [4.78, 5) is 0. The van der Waals surface area contributed by atoms with Crippen LogP contribution < -0.4 is 5.73 Å². The van der Waals surface area contributed by atoms with Crippen molar-refractivity contribution in [2.75, 3.05) is 5.73 Å². The Morgan fingerprint density at radius 1 is 1.21 bits per heavy atom. The number of nitrogens with two attached hydrogens (primary N) is 1. The van der Waals surface area contributed by atoms with Crippen molar-refractivity contribution in [2.45, 2.75) is 0 Å². The summed E-state index contributed by atoms with van der Waals surface area (Å²) in [5.74, 6) is 0.114. The van der Waals surface area contributed by atoms with E-state index in [-0.39, 0.29) is 5.82 Å². The summed E-state index contributed by atoms with van der Waals surface area (Å²) in [6, 6.07) is 7.76. The predicted octanol–water partition coefficient (Wildman–Crippen LogP) is 3.43. The van der Waals surface area contributed by atoms with E-state index in [1.807, 2.05) is 0 Å². The highest BCUT2D eigenvalue weighted by molar-refractivity contribution is 9.10. The normalized spacial score (nSPS) is 10.4. The smallest absolute Gasteiger partial charge is 0.169 e. The molecule has 2 N–H and O–H groups in total. The second kappa shape index (κ2) is 3.46. The highest BCUT2D eigenvalue weighted by Crippen LogP contribution is 2.28. The summed E-state index contributed by atoms with van der Waals surface area (Å²) < 4.78 is 19.1.